The number of nitrogens with zero attached hydrogens (tertiary/aromatic N) is 1. The molecule has 0 bridgehead atoms. The first kappa shape index (κ1) is 28.4. The van der Waals surface area contributed by atoms with E-state index < -0.39 is 23.5 Å². The Balaban J connectivity index is 0.000000311. The van der Waals surface area contributed by atoms with Crippen LogP contribution in [-0.2, 0) is 39.8 Å². The van der Waals surface area contributed by atoms with Crippen LogP contribution < -0.4 is 0 Å². The molecule has 0 N–H and O–H groups in total. The highest BCUT2D eigenvalue weighted by Gasteiger charge is 2.36. The predicted octanol–water partition coefficient (Wildman–Crippen LogP) is 5.94. The smallest absolute Gasteiger partial charge is 0.380 e. The summed E-state index contributed by atoms with van der Waals surface area (Å²) < 4.78 is 83.8. The molecular weight excluding hydrogens is 452 g/mol. The summed E-state index contributed by atoms with van der Waals surface area (Å²) in [4.78, 5) is 13.2. The Morgan fingerprint density at radius 1 is 0.909 bits per heavy atom. The second-order valence-electron chi connectivity index (χ2n) is 6.70. The van der Waals surface area contributed by atoms with Crippen LogP contribution in [0.2, 0.25) is 0 Å². The molecule has 1 aliphatic rings. The summed E-state index contributed by atoms with van der Waals surface area (Å²) in [7, 11) is 1.19. The molecule has 2 aromatic carbocycles. The molecule has 3 rings (SSSR count). The molecule has 0 saturated carbocycles. The summed E-state index contributed by atoms with van der Waals surface area (Å²) in [6.07, 6.45) is -9.63. The second-order valence-corrected chi connectivity index (χ2v) is 6.70. The number of carbonyl (C=O) groups excluding carboxylic acids is 1. The van der Waals surface area contributed by atoms with E-state index in [0.29, 0.717) is 31.8 Å². The van der Waals surface area contributed by atoms with Gasteiger partial charge in [-0.15, -0.1) is 0 Å². The minimum absolute atomic E-state index is 0.0825. The number of halogens is 6. The van der Waals surface area contributed by atoms with Gasteiger partial charge in [0.2, 0.25) is 5.91 Å². The number of ether oxygens (including phenoxy) is 2. The van der Waals surface area contributed by atoms with Crippen LogP contribution in [0.1, 0.15) is 36.1 Å². The van der Waals surface area contributed by atoms with Crippen LogP contribution in [0.3, 0.4) is 0 Å². The molecule has 0 aromatic heterocycles. The number of hydrogen-bond acceptors (Lipinski definition) is 3. The summed E-state index contributed by atoms with van der Waals surface area (Å²) in [6.45, 7) is 5.97. The van der Waals surface area contributed by atoms with E-state index in [9.17, 15) is 31.1 Å². The molecule has 0 spiro atoms. The minimum atomic E-state index is -4.82. The van der Waals surface area contributed by atoms with Crippen molar-refractivity contribution in [2.75, 3.05) is 26.9 Å². The summed E-state index contributed by atoms with van der Waals surface area (Å²) in [5.74, 6) is 0.0834. The largest absolute Gasteiger partial charge is 0.416 e. The van der Waals surface area contributed by atoms with Gasteiger partial charge < -0.3 is 14.4 Å². The standard InChI is InChI=1S/C11H13NO2.C10H8F6O.C2H6/c13-11-9-14-7-6-12(11)8-10-4-2-1-3-5-10;1-17-5-6-2-7(9(11,12)13)4-8(3-6)10(14,15)16;1-2/h1-5H,6-9H2;2-4H,5H2,1H3;1-2H3. The number of rotatable bonds is 4. The normalized spacial score (nSPS) is 14.1. The van der Waals surface area contributed by atoms with Crippen molar-refractivity contribution in [1.82, 2.24) is 4.90 Å². The lowest BCUT2D eigenvalue weighted by atomic mass is 10.1. The Bertz CT molecular complexity index is 821. The lowest BCUT2D eigenvalue weighted by molar-refractivity contribution is -0.144. The van der Waals surface area contributed by atoms with Gasteiger partial charge in [0.25, 0.3) is 0 Å². The van der Waals surface area contributed by atoms with Gasteiger partial charge in [-0.2, -0.15) is 26.3 Å². The van der Waals surface area contributed by atoms with Crippen molar-refractivity contribution in [2.45, 2.75) is 39.4 Å². The highest BCUT2D eigenvalue weighted by Crippen LogP contribution is 2.36. The van der Waals surface area contributed by atoms with Gasteiger partial charge >= 0.3 is 12.4 Å². The van der Waals surface area contributed by atoms with E-state index in [1.165, 1.54) is 12.7 Å². The fourth-order valence-electron chi connectivity index (χ4n) is 2.79. The average molecular weight is 479 g/mol. The Morgan fingerprint density at radius 2 is 1.45 bits per heavy atom. The van der Waals surface area contributed by atoms with Crippen molar-refractivity contribution >= 4 is 5.91 Å². The number of benzene rings is 2. The van der Waals surface area contributed by atoms with E-state index in [0.717, 1.165) is 0 Å². The molecule has 0 atom stereocenters. The molecule has 0 aliphatic carbocycles. The number of hydrogen-bond donors (Lipinski definition) is 0. The summed E-state index contributed by atoms with van der Waals surface area (Å²) in [6, 6.07) is 11.4. The van der Waals surface area contributed by atoms with Gasteiger partial charge in [0.15, 0.2) is 0 Å². The molecule has 1 fully saturated rings. The first-order chi connectivity index (χ1) is 15.5. The van der Waals surface area contributed by atoms with Gasteiger partial charge in [0.1, 0.15) is 6.61 Å². The molecule has 0 radical (unpaired) electrons. The molecule has 1 amide bonds. The molecule has 1 heterocycles. The number of alkyl halides is 6. The van der Waals surface area contributed by atoms with Gasteiger partial charge in [-0.05, 0) is 29.3 Å². The predicted molar refractivity (Wildman–Crippen MR) is 111 cm³/mol. The van der Waals surface area contributed by atoms with E-state index in [1.54, 1.807) is 0 Å². The van der Waals surface area contributed by atoms with Crippen molar-refractivity contribution in [3.8, 4) is 0 Å². The maximum atomic E-state index is 12.4. The zero-order chi connectivity index (χ0) is 25.1. The third kappa shape index (κ3) is 9.83. The SMILES string of the molecule is CC.COCc1cc(C(F)(F)F)cc(C(F)(F)F)c1.O=C1COCCN1Cc1ccccc1. The maximum Gasteiger partial charge on any atom is 0.416 e. The summed E-state index contributed by atoms with van der Waals surface area (Å²) in [5.41, 5.74) is -1.67. The van der Waals surface area contributed by atoms with E-state index in [1.807, 2.05) is 49.1 Å². The Hall–Kier alpha value is -2.59. The molecule has 10 heteroatoms. The highest BCUT2D eigenvalue weighted by molar-refractivity contribution is 5.77. The molecule has 184 valence electrons. The monoisotopic (exact) mass is 479 g/mol. The van der Waals surface area contributed by atoms with E-state index >= 15 is 0 Å². The van der Waals surface area contributed by atoms with Crippen molar-refractivity contribution in [1.29, 1.82) is 0 Å². The quantitative estimate of drug-likeness (QED) is 0.510. The van der Waals surface area contributed by atoms with E-state index in [-0.39, 0.29) is 30.8 Å². The van der Waals surface area contributed by atoms with Gasteiger partial charge in [0.05, 0.1) is 24.3 Å². The van der Waals surface area contributed by atoms with Crippen LogP contribution in [-0.4, -0.2) is 37.7 Å². The van der Waals surface area contributed by atoms with E-state index in [4.69, 9.17) is 4.74 Å². The van der Waals surface area contributed by atoms with Crippen LogP contribution in [0.4, 0.5) is 26.3 Å². The van der Waals surface area contributed by atoms with Gasteiger partial charge in [0, 0.05) is 20.2 Å². The first-order valence-electron chi connectivity index (χ1n) is 10.2. The topological polar surface area (TPSA) is 38.8 Å². The molecule has 33 heavy (non-hydrogen) atoms. The van der Waals surface area contributed by atoms with Gasteiger partial charge in [-0.1, -0.05) is 44.2 Å². The van der Waals surface area contributed by atoms with Crippen LogP contribution >= 0.6 is 0 Å². The molecular formula is C23H27F6NO3. The third-order valence-electron chi connectivity index (χ3n) is 4.26. The minimum Gasteiger partial charge on any atom is -0.380 e. The van der Waals surface area contributed by atoms with Crippen LogP contribution in [0, 0.1) is 0 Å². The average Bonchev–Trinajstić information content (AvgIpc) is 2.77. The van der Waals surface area contributed by atoms with Crippen LogP contribution in [0.15, 0.2) is 48.5 Å². The van der Waals surface area contributed by atoms with Crippen molar-refractivity contribution in [3.63, 3.8) is 0 Å². The third-order valence-corrected chi connectivity index (χ3v) is 4.26. The summed E-state index contributed by atoms with van der Waals surface area (Å²) >= 11 is 0. The van der Waals surface area contributed by atoms with Gasteiger partial charge in [-0.3, -0.25) is 4.79 Å². The van der Waals surface area contributed by atoms with Crippen LogP contribution in [0.5, 0.6) is 0 Å². The van der Waals surface area contributed by atoms with E-state index in [2.05, 4.69) is 4.74 Å². The maximum absolute atomic E-state index is 12.4. The zero-order valence-corrected chi connectivity index (χ0v) is 18.6. The molecule has 0 unspecified atom stereocenters. The number of methoxy groups -OCH3 is 1. The molecule has 4 nitrogen and oxygen atoms in total. The fourth-order valence-corrected chi connectivity index (χ4v) is 2.79. The number of amides is 1. The lowest BCUT2D eigenvalue weighted by Gasteiger charge is -2.26. The number of carbonyl (C=O) groups is 1. The van der Waals surface area contributed by atoms with Gasteiger partial charge in [-0.25, -0.2) is 0 Å². The molecule has 1 saturated heterocycles. The lowest BCUT2D eigenvalue weighted by Crippen LogP contribution is -2.40. The van der Waals surface area contributed by atoms with Crippen molar-refractivity contribution < 1.29 is 40.6 Å². The zero-order valence-electron chi connectivity index (χ0n) is 18.6. The van der Waals surface area contributed by atoms with Crippen LogP contribution in [0.25, 0.3) is 0 Å². The Labute approximate surface area is 189 Å². The Morgan fingerprint density at radius 3 is 1.91 bits per heavy atom. The summed E-state index contributed by atoms with van der Waals surface area (Å²) in [5, 5.41) is 0. The Kier molecular flexibility index (Phi) is 11.4. The first-order valence-corrected chi connectivity index (χ1v) is 10.2. The van der Waals surface area contributed by atoms with Crippen molar-refractivity contribution in [2.24, 2.45) is 0 Å². The number of morpholine rings is 1. The second kappa shape index (κ2) is 13.2. The molecule has 2 aromatic rings. The highest BCUT2D eigenvalue weighted by atomic mass is 19.4. The van der Waals surface area contributed by atoms with Crippen molar-refractivity contribution in [3.05, 3.63) is 70.8 Å². The molecule has 1 aliphatic heterocycles. The fraction of sp³-hybridized carbons (Fsp3) is 0.435.